The fraction of sp³-hybridized carbons (Fsp3) is 0.375. The summed E-state index contributed by atoms with van der Waals surface area (Å²) in [6.45, 7) is 6.90. The molecule has 1 atom stereocenters. The Morgan fingerprint density at radius 2 is 1.64 bits per heavy atom. The number of benzene rings is 1. The van der Waals surface area contributed by atoms with Crippen LogP contribution in [0.1, 0.15) is 35.5 Å². The third-order valence-electron chi connectivity index (χ3n) is 4.84. The van der Waals surface area contributed by atoms with Crippen LogP contribution in [0.15, 0.2) is 52.8 Å². The summed E-state index contributed by atoms with van der Waals surface area (Å²) in [5, 5.41) is 2.35. The SMILES string of the molecule is CNC(=O)/C=C(\C)OP(=O)(OC)OC.COC(=O)C(C)N(C(=O)c1ccco1)c1c(C)cccc1C. The minimum absolute atomic E-state index is 0.149. The Kier molecular flexibility index (Phi) is 12.1. The first kappa shape index (κ1) is 30.6. The second-order valence-corrected chi connectivity index (χ2v) is 9.17. The highest BCUT2D eigenvalue weighted by atomic mass is 31.2. The summed E-state index contributed by atoms with van der Waals surface area (Å²) in [6.07, 6.45) is 2.57. The van der Waals surface area contributed by atoms with Crippen LogP contribution in [0.5, 0.6) is 0 Å². The third kappa shape index (κ3) is 8.37. The van der Waals surface area contributed by atoms with E-state index in [9.17, 15) is 18.9 Å². The number of phosphoric ester groups is 1. The molecule has 1 aromatic heterocycles. The van der Waals surface area contributed by atoms with Crippen molar-refractivity contribution in [3.8, 4) is 0 Å². The van der Waals surface area contributed by atoms with Crippen molar-refractivity contribution in [1.82, 2.24) is 5.32 Å². The van der Waals surface area contributed by atoms with Gasteiger partial charge in [0.1, 0.15) is 11.8 Å². The molecule has 2 aromatic rings. The zero-order chi connectivity index (χ0) is 27.5. The molecule has 0 bridgehead atoms. The highest BCUT2D eigenvalue weighted by Gasteiger charge is 2.32. The van der Waals surface area contributed by atoms with Crippen molar-refractivity contribution >= 4 is 31.3 Å². The average Bonchev–Trinajstić information content (AvgIpc) is 3.40. The maximum atomic E-state index is 12.8. The first-order valence-electron chi connectivity index (χ1n) is 10.8. The molecule has 0 aliphatic heterocycles. The third-order valence-corrected chi connectivity index (χ3v) is 6.25. The van der Waals surface area contributed by atoms with Crippen LogP contribution < -0.4 is 10.2 Å². The molecule has 0 aliphatic rings. The highest BCUT2D eigenvalue weighted by molar-refractivity contribution is 7.48. The monoisotopic (exact) mass is 524 g/mol. The van der Waals surface area contributed by atoms with Gasteiger partial charge in [-0.25, -0.2) is 9.36 Å². The van der Waals surface area contributed by atoms with Crippen LogP contribution in [0.25, 0.3) is 0 Å². The molecule has 36 heavy (non-hydrogen) atoms. The first-order chi connectivity index (χ1) is 16.9. The molecule has 11 nitrogen and oxygen atoms in total. The number of rotatable bonds is 9. The number of esters is 1. The van der Waals surface area contributed by atoms with Crippen molar-refractivity contribution in [2.24, 2.45) is 0 Å². The molecular formula is C24H33N2O9P. The number of hydrogen-bond donors (Lipinski definition) is 1. The van der Waals surface area contributed by atoms with Crippen LogP contribution in [0.4, 0.5) is 5.69 Å². The van der Waals surface area contributed by atoms with Crippen LogP contribution in [-0.4, -0.2) is 52.2 Å². The number of nitrogens with zero attached hydrogens (tertiary/aromatic N) is 1. The number of methoxy groups -OCH3 is 1. The fourth-order valence-electron chi connectivity index (χ4n) is 3.06. The number of likely N-dealkylation sites (N-methyl/N-ethyl adjacent to an activating group) is 1. The van der Waals surface area contributed by atoms with Crippen molar-refractivity contribution in [1.29, 1.82) is 0 Å². The lowest BCUT2D eigenvalue weighted by atomic mass is 10.1. The second kappa shape index (κ2) is 14.2. The van der Waals surface area contributed by atoms with E-state index in [2.05, 4.69) is 14.4 Å². The van der Waals surface area contributed by atoms with E-state index in [1.807, 2.05) is 32.0 Å². The van der Waals surface area contributed by atoms with Crippen LogP contribution in [0, 0.1) is 13.8 Å². The fourth-order valence-corrected chi connectivity index (χ4v) is 3.76. The number of anilines is 1. The van der Waals surface area contributed by atoms with Crippen molar-refractivity contribution < 1.29 is 41.7 Å². The Morgan fingerprint density at radius 3 is 2.08 bits per heavy atom. The second-order valence-electron chi connectivity index (χ2n) is 7.36. The van der Waals surface area contributed by atoms with E-state index in [0.717, 1.165) is 17.2 Å². The van der Waals surface area contributed by atoms with E-state index in [1.165, 1.54) is 46.5 Å². The topological polar surface area (TPSA) is 134 Å². The molecule has 1 N–H and O–H groups in total. The molecule has 1 unspecified atom stereocenters. The van der Waals surface area contributed by atoms with Gasteiger partial charge < -0.3 is 19.0 Å². The number of nitrogens with one attached hydrogen (secondary N) is 1. The van der Waals surface area contributed by atoms with Gasteiger partial charge in [-0.15, -0.1) is 0 Å². The van der Waals surface area contributed by atoms with Gasteiger partial charge in [-0.05, 0) is 51.0 Å². The van der Waals surface area contributed by atoms with E-state index in [4.69, 9.17) is 13.7 Å². The van der Waals surface area contributed by atoms with Gasteiger partial charge in [0.25, 0.3) is 5.91 Å². The summed E-state index contributed by atoms with van der Waals surface area (Å²) in [6, 6.07) is 8.16. The van der Waals surface area contributed by atoms with Gasteiger partial charge in [-0.1, -0.05) is 18.2 Å². The molecule has 12 heteroatoms. The predicted molar refractivity (Wildman–Crippen MR) is 133 cm³/mol. The van der Waals surface area contributed by atoms with Crippen LogP contribution >= 0.6 is 7.82 Å². The lowest BCUT2D eigenvalue weighted by molar-refractivity contribution is -0.141. The van der Waals surface area contributed by atoms with Gasteiger partial charge in [0, 0.05) is 27.3 Å². The van der Waals surface area contributed by atoms with Crippen LogP contribution in [-0.2, 0) is 32.5 Å². The number of amides is 2. The number of ether oxygens (including phenoxy) is 1. The number of allylic oxidation sites excluding steroid dienone is 1. The molecule has 0 saturated carbocycles. The molecular weight excluding hydrogens is 491 g/mol. The number of furan rings is 1. The highest BCUT2D eigenvalue weighted by Crippen LogP contribution is 2.49. The van der Waals surface area contributed by atoms with Gasteiger partial charge in [-0.3, -0.25) is 23.5 Å². The molecule has 2 rings (SSSR count). The van der Waals surface area contributed by atoms with Gasteiger partial charge in [0.15, 0.2) is 5.76 Å². The van der Waals surface area contributed by atoms with Gasteiger partial charge >= 0.3 is 13.8 Å². The minimum atomic E-state index is -3.55. The Morgan fingerprint density at radius 1 is 1.06 bits per heavy atom. The van der Waals surface area contributed by atoms with E-state index in [1.54, 1.807) is 19.1 Å². The number of aryl methyl sites for hydroxylation is 2. The lowest BCUT2D eigenvalue weighted by Gasteiger charge is -2.29. The Hall–Kier alpha value is -3.40. The molecule has 2 amide bonds. The summed E-state index contributed by atoms with van der Waals surface area (Å²) in [5.74, 6) is -0.890. The molecule has 0 fully saturated rings. The molecule has 198 valence electrons. The summed E-state index contributed by atoms with van der Waals surface area (Å²) >= 11 is 0. The zero-order valence-electron chi connectivity index (χ0n) is 21.7. The van der Waals surface area contributed by atoms with Gasteiger partial charge in [0.05, 0.1) is 19.1 Å². The standard InChI is InChI=1S/C17H19NO4.C7H14NO5P/c1-11-7-5-8-12(2)15(11)18(13(3)17(20)21-4)16(19)14-9-6-10-22-14;1-6(5-7(9)8-2)13-14(10,11-3)12-4/h5-10,13H,1-4H3;5H,1-4H3,(H,8,9)/b;6-5+. The van der Waals surface area contributed by atoms with Crippen molar-refractivity contribution in [3.63, 3.8) is 0 Å². The first-order valence-corrected chi connectivity index (χ1v) is 12.2. The smallest absolute Gasteiger partial charge is 0.467 e. The summed E-state index contributed by atoms with van der Waals surface area (Å²) in [4.78, 5) is 37.0. The number of phosphoric acid groups is 1. The maximum absolute atomic E-state index is 12.8. The molecule has 0 spiro atoms. The van der Waals surface area contributed by atoms with E-state index in [0.29, 0.717) is 5.69 Å². The summed E-state index contributed by atoms with van der Waals surface area (Å²) in [5.41, 5.74) is 2.49. The van der Waals surface area contributed by atoms with Crippen LogP contribution in [0.2, 0.25) is 0 Å². The van der Waals surface area contributed by atoms with Crippen LogP contribution in [0.3, 0.4) is 0 Å². The van der Waals surface area contributed by atoms with Crippen molar-refractivity contribution in [3.05, 3.63) is 65.3 Å². The minimum Gasteiger partial charge on any atom is -0.467 e. The summed E-state index contributed by atoms with van der Waals surface area (Å²) in [7, 11) is 1.61. The molecule has 1 heterocycles. The number of carbonyl (C=O) groups is 3. The predicted octanol–water partition coefficient (Wildman–Crippen LogP) is 4.16. The Bertz CT molecular complexity index is 1080. The Balaban J connectivity index is 0.000000402. The largest absolute Gasteiger partial charge is 0.529 e. The normalized spacial score (nSPS) is 12.1. The molecule has 0 radical (unpaired) electrons. The zero-order valence-corrected chi connectivity index (χ0v) is 22.6. The average molecular weight is 525 g/mol. The number of hydrogen-bond acceptors (Lipinski definition) is 9. The Labute approximate surface area is 211 Å². The van der Waals surface area contributed by atoms with Crippen molar-refractivity contribution in [2.75, 3.05) is 33.3 Å². The van der Waals surface area contributed by atoms with Gasteiger partial charge in [-0.2, -0.15) is 0 Å². The molecule has 0 saturated heterocycles. The molecule has 1 aromatic carbocycles. The molecule has 0 aliphatic carbocycles. The quantitative estimate of drug-likeness (QED) is 0.222. The maximum Gasteiger partial charge on any atom is 0.529 e. The van der Waals surface area contributed by atoms with E-state index in [-0.39, 0.29) is 23.3 Å². The lowest BCUT2D eigenvalue weighted by Crippen LogP contribution is -2.44. The van der Waals surface area contributed by atoms with E-state index >= 15 is 0 Å². The van der Waals surface area contributed by atoms with Crippen molar-refractivity contribution in [2.45, 2.75) is 33.7 Å². The number of para-hydroxylation sites is 1. The van der Waals surface area contributed by atoms with E-state index < -0.39 is 19.8 Å². The number of carbonyl (C=O) groups excluding carboxylic acids is 3. The van der Waals surface area contributed by atoms with Gasteiger partial charge in [0.2, 0.25) is 5.91 Å². The summed E-state index contributed by atoms with van der Waals surface area (Å²) < 4.78 is 35.2.